The van der Waals surface area contributed by atoms with Crippen LogP contribution in [-0.2, 0) is 9.59 Å². The van der Waals surface area contributed by atoms with Crippen LogP contribution in [0.2, 0.25) is 0 Å². The molecule has 3 N–H and O–H groups in total. The van der Waals surface area contributed by atoms with Gasteiger partial charge in [0.05, 0.1) is 16.8 Å². The minimum absolute atomic E-state index is 0.109. The number of fused-ring (bicyclic) bond motifs is 1. The largest absolute Gasteiger partial charge is 0.367 e. The molecule has 3 aliphatic heterocycles. The van der Waals surface area contributed by atoms with Gasteiger partial charge in [0.2, 0.25) is 11.8 Å². The van der Waals surface area contributed by atoms with E-state index in [4.69, 9.17) is 5.73 Å². The molecule has 1 unspecified atom stereocenters. The number of rotatable bonds is 3. The second kappa shape index (κ2) is 6.77. The smallest absolute Gasteiger partial charge is 0.264 e. The van der Waals surface area contributed by atoms with Crippen molar-refractivity contribution in [3.63, 3.8) is 0 Å². The summed E-state index contributed by atoms with van der Waals surface area (Å²) in [7, 11) is 0. The Morgan fingerprint density at radius 3 is 2.63 bits per heavy atom. The van der Waals surface area contributed by atoms with Crippen LogP contribution < -0.4 is 16.0 Å². The number of anilines is 1. The highest BCUT2D eigenvalue weighted by Gasteiger charge is 2.46. The number of carbonyl (C=O) groups excluding carboxylic acids is 4. The third-order valence-electron chi connectivity index (χ3n) is 5.65. The number of nitrogens with one attached hydrogen (secondary N) is 1. The molecule has 1 aromatic carbocycles. The SMILES string of the molecule is NC[C@@H]1CCCCN1c1cccc2c1C(=O)N(C1CCC(=O)NC1=O)C2=O. The summed E-state index contributed by atoms with van der Waals surface area (Å²) in [6.45, 7) is 1.25. The molecule has 3 aliphatic rings. The fraction of sp³-hybridized carbons (Fsp3) is 0.474. The van der Waals surface area contributed by atoms with Crippen LogP contribution in [0.25, 0.3) is 0 Å². The first-order valence-electron chi connectivity index (χ1n) is 9.34. The van der Waals surface area contributed by atoms with E-state index in [2.05, 4.69) is 10.2 Å². The molecule has 2 saturated heterocycles. The van der Waals surface area contributed by atoms with Crippen LogP contribution >= 0.6 is 0 Å². The minimum atomic E-state index is -0.949. The van der Waals surface area contributed by atoms with E-state index in [0.717, 1.165) is 30.7 Å². The highest BCUT2D eigenvalue weighted by molar-refractivity contribution is 6.25. The number of carbonyl (C=O) groups is 4. The monoisotopic (exact) mass is 370 g/mol. The summed E-state index contributed by atoms with van der Waals surface area (Å²) >= 11 is 0. The van der Waals surface area contributed by atoms with E-state index in [1.807, 2.05) is 6.07 Å². The molecule has 0 saturated carbocycles. The molecular formula is C19H22N4O4. The number of nitrogens with two attached hydrogens (primary N) is 1. The molecule has 0 aliphatic carbocycles. The van der Waals surface area contributed by atoms with Crippen molar-refractivity contribution in [3.8, 4) is 0 Å². The highest BCUT2D eigenvalue weighted by atomic mass is 16.2. The number of imide groups is 2. The lowest BCUT2D eigenvalue weighted by Gasteiger charge is -2.37. The predicted molar refractivity (Wildman–Crippen MR) is 97.2 cm³/mol. The summed E-state index contributed by atoms with van der Waals surface area (Å²) in [5.41, 5.74) is 7.28. The number of piperidine rings is 2. The van der Waals surface area contributed by atoms with Gasteiger partial charge in [-0.15, -0.1) is 0 Å². The lowest BCUT2D eigenvalue weighted by Crippen LogP contribution is -2.54. The van der Waals surface area contributed by atoms with E-state index in [1.54, 1.807) is 12.1 Å². The van der Waals surface area contributed by atoms with E-state index < -0.39 is 23.8 Å². The standard InChI is InChI=1S/C19H22N4O4/c20-10-11-4-1-2-9-22(11)13-6-3-5-12-16(13)19(27)23(18(12)26)14-7-8-15(24)21-17(14)25/h3,5-6,11,14H,1-2,4,7-10,20H2,(H,21,24,25)/t11-,14?/m0/s1. The van der Waals surface area contributed by atoms with Crippen molar-refractivity contribution in [1.82, 2.24) is 10.2 Å². The van der Waals surface area contributed by atoms with Crippen molar-refractivity contribution in [2.24, 2.45) is 5.73 Å². The summed E-state index contributed by atoms with van der Waals surface area (Å²) in [4.78, 5) is 52.8. The number of hydrogen-bond donors (Lipinski definition) is 2. The van der Waals surface area contributed by atoms with E-state index >= 15 is 0 Å². The van der Waals surface area contributed by atoms with E-state index in [0.29, 0.717) is 23.4 Å². The molecule has 0 bridgehead atoms. The summed E-state index contributed by atoms with van der Waals surface area (Å²) < 4.78 is 0. The van der Waals surface area contributed by atoms with Crippen LogP contribution in [0.15, 0.2) is 18.2 Å². The predicted octanol–water partition coefficient (Wildman–Crippen LogP) is 0.405. The van der Waals surface area contributed by atoms with Crippen molar-refractivity contribution in [2.45, 2.75) is 44.2 Å². The molecule has 0 spiro atoms. The third-order valence-corrected chi connectivity index (χ3v) is 5.65. The quantitative estimate of drug-likeness (QED) is 0.745. The van der Waals surface area contributed by atoms with Gasteiger partial charge in [0, 0.05) is 25.6 Å². The van der Waals surface area contributed by atoms with Gasteiger partial charge < -0.3 is 10.6 Å². The van der Waals surface area contributed by atoms with Crippen molar-refractivity contribution in [1.29, 1.82) is 0 Å². The maximum Gasteiger partial charge on any atom is 0.264 e. The molecule has 0 aromatic heterocycles. The first-order chi connectivity index (χ1) is 13.0. The number of amides is 4. The van der Waals surface area contributed by atoms with Crippen molar-refractivity contribution in [3.05, 3.63) is 29.3 Å². The van der Waals surface area contributed by atoms with Crippen molar-refractivity contribution >= 4 is 29.3 Å². The van der Waals surface area contributed by atoms with Gasteiger partial charge in [-0.25, -0.2) is 0 Å². The molecule has 8 nitrogen and oxygen atoms in total. The Morgan fingerprint density at radius 1 is 1.07 bits per heavy atom. The molecule has 3 heterocycles. The summed E-state index contributed by atoms with van der Waals surface area (Å²) in [5.74, 6) is -1.93. The van der Waals surface area contributed by atoms with E-state index in [-0.39, 0.29) is 24.8 Å². The van der Waals surface area contributed by atoms with Crippen LogP contribution in [0.4, 0.5) is 5.69 Å². The van der Waals surface area contributed by atoms with E-state index in [9.17, 15) is 19.2 Å². The molecule has 2 atom stereocenters. The van der Waals surface area contributed by atoms with Crippen LogP contribution in [0, 0.1) is 0 Å². The Bertz CT molecular complexity index is 837. The van der Waals surface area contributed by atoms with Gasteiger partial charge in [-0.2, -0.15) is 0 Å². The maximum atomic E-state index is 13.2. The lowest BCUT2D eigenvalue weighted by molar-refractivity contribution is -0.136. The average molecular weight is 370 g/mol. The molecule has 4 amide bonds. The van der Waals surface area contributed by atoms with Crippen LogP contribution in [0.1, 0.15) is 52.8 Å². The fourth-order valence-corrected chi connectivity index (χ4v) is 4.30. The van der Waals surface area contributed by atoms with Gasteiger partial charge in [-0.1, -0.05) is 6.07 Å². The first-order valence-corrected chi connectivity index (χ1v) is 9.34. The average Bonchev–Trinajstić information content (AvgIpc) is 2.93. The zero-order chi connectivity index (χ0) is 19.1. The molecule has 4 rings (SSSR count). The summed E-state index contributed by atoms with van der Waals surface area (Å²) in [5, 5.41) is 2.22. The van der Waals surface area contributed by atoms with Crippen molar-refractivity contribution in [2.75, 3.05) is 18.0 Å². The van der Waals surface area contributed by atoms with Crippen LogP contribution in [0.5, 0.6) is 0 Å². The van der Waals surface area contributed by atoms with Gasteiger partial charge in [-0.05, 0) is 37.8 Å². The van der Waals surface area contributed by atoms with Gasteiger partial charge in [0.15, 0.2) is 0 Å². The fourth-order valence-electron chi connectivity index (χ4n) is 4.30. The highest BCUT2D eigenvalue weighted by Crippen LogP contribution is 2.36. The van der Waals surface area contributed by atoms with Gasteiger partial charge in [-0.3, -0.25) is 29.4 Å². The Labute approximate surface area is 156 Å². The van der Waals surface area contributed by atoms with Crippen molar-refractivity contribution < 1.29 is 19.2 Å². The minimum Gasteiger partial charge on any atom is -0.367 e. The topological polar surface area (TPSA) is 113 Å². The summed E-state index contributed by atoms with van der Waals surface area (Å²) in [6, 6.07) is 4.39. The number of nitrogens with zero attached hydrogens (tertiary/aromatic N) is 2. The Balaban J connectivity index is 1.71. The second-order valence-corrected chi connectivity index (χ2v) is 7.23. The van der Waals surface area contributed by atoms with Crippen LogP contribution in [0.3, 0.4) is 0 Å². The maximum absolute atomic E-state index is 13.2. The first kappa shape index (κ1) is 17.7. The normalized spacial score (nSPS) is 25.7. The molecule has 1 aromatic rings. The molecule has 8 heteroatoms. The number of benzene rings is 1. The zero-order valence-corrected chi connectivity index (χ0v) is 14.9. The Hall–Kier alpha value is -2.74. The van der Waals surface area contributed by atoms with E-state index in [1.165, 1.54) is 0 Å². The molecule has 142 valence electrons. The Morgan fingerprint density at radius 2 is 1.89 bits per heavy atom. The molecular weight excluding hydrogens is 348 g/mol. The Kier molecular flexibility index (Phi) is 4.43. The second-order valence-electron chi connectivity index (χ2n) is 7.23. The summed E-state index contributed by atoms with van der Waals surface area (Å²) in [6.07, 6.45) is 3.29. The number of hydrogen-bond acceptors (Lipinski definition) is 6. The van der Waals surface area contributed by atoms with Gasteiger partial charge >= 0.3 is 0 Å². The molecule has 0 radical (unpaired) electrons. The van der Waals surface area contributed by atoms with Gasteiger partial charge in [0.25, 0.3) is 11.8 Å². The third kappa shape index (κ3) is 2.80. The van der Waals surface area contributed by atoms with Crippen LogP contribution in [-0.4, -0.2) is 53.7 Å². The molecule has 2 fully saturated rings. The lowest BCUT2D eigenvalue weighted by atomic mass is 9.98. The van der Waals surface area contributed by atoms with Gasteiger partial charge in [0.1, 0.15) is 6.04 Å². The molecule has 27 heavy (non-hydrogen) atoms. The zero-order valence-electron chi connectivity index (χ0n) is 14.9.